The van der Waals surface area contributed by atoms with Gasteiger partial charge in [0.15, 0.2) is 0 Å². The van der Waals surface area contributed by atoms with Crippen LogP contribution in [-0.4, -0.2) is 19.3 Å². The summed E-state index contributed by atoms with van der Waals surface area (Å²) in [6.45, 7) is 5.43. The summed E-state index contributed by atoms with van der Waals surface area (Å²) in [5.74, 6) is 1.27. The number of hydrogen-bond donors (Lipinski definition) is 1. The second-order valence-corrected chi connectivity index (χ2v) is 4.14. The van der Waals surface area contributed by atoms with Gasteiger partial charge < -0.3 is 14.6 Å². The summed E-state index contributed by atoms with van der Waals surface area (Å²) >= 11 is 0. The van der Waals surface area contributed by atoms with Crippen LogP contribution in [0.15, 0.2) is 30.9 Å². The van der Waals surface area contributed by atoms with E-state index < -0.39 is 5.60 Å². The van der Waals surface area contributed by atoms with Gasteiger partial charge in [0.2, 0.25) is 0 Å². The first kappa shape index (κ1) is 13.6. The molecule has 3 heteroatoms. The first-order valence-corrected chi connectivity index (χ1v) is 5.61. The number of methoxy groups -OCH3 is 2. The van der Waals surface area contributed by atoms with Gasteiger partial charge in [-0.3, -0.25) is 0 Å². The van der Waals surface area contributed by atoms with Gasteiger partial charge in [-0.1, -0.05) is 12.1 Å². The molecule has 1 aromatic carbocycles. The molecule has 0 saturated carbocycles. The van der Waals surface area contributed by atoms with Crippen LogP contribution in [0.2, 0.25) is 0 Å². The highest BCUT2D eigenvalue weighted by molar-refractivity contribution is 5.48. The van der Waals surface area contributed by atoms with Crippen LogP contribution < -0.4 is 9.47 Å². The van der Waals surface area contributed by atoms with Gasteiger partial charge in [-0.25, -0.2) is 0 Å². The average Bonchev–Trinajstić information content (AvgIpc) is 2.35. The summed E-state index contributed by atoms with van der Waals surface area (Å²) in [6.07, 6.45) is 3.10. The minimum absolute atomic E-state index is 0.577. The van der Waals surface area contributed by atoms with Crippen molar-refractivity contribution in [3.05, 3.63) is 36.4 Å². The first-order chi connectivity index (χ1) is 8.06. The molecule has 0 spiro atoms. The lowest BCUT2D eigenvalue weighted by Gasteiger charge is -2.27. The van der Waals surface area contributed by atoms with E-state index in [0.717, 1.165) is 6.42 Å². The molecule has 0 radical (unpaired) electrons. The topological polar surface area (TPSA) is 38.7 Å². The highest BCUT2D eigenvalue weighted by atomic mass is 16.5. The standard InChI is InChI=1S/C14H20O3/c1-5-6-10-14(2,15)13-11(16-3)8-7-9-12(13)17-4/h5,7-9,15H,1,6,10H2,2-4H3. The highest BCUT2D eigenvalue weighted by Crippen LogP contribution is 2.39. The van der Waals surface area contributed by atoms with Crippen LogP contribution in [0, 0.1) is 0 Å². The van der Waals surface area contributed by atoms with Crippen molar-refractivity contribution in [2.75, 3.05) is 14.2 Å². The summed E-state index contributed by atoms with van der Waals surface area (Å²) in [6, 6.07) is 5.48. The zero-order chi connectivity index (χ0) is 12.9. The second-order valence-electron chi connectivity index (χ2n) is 4.14. The molecule has 0 aliphatic heterocycles. The smallest absolute Gasteiger partial charge is 0.128 e. The molecule has 0 fully saturated rings. The average molecular weight is 236 g/mol. The van der Waals surface area contributed by atoms with Crippen LogP contribution in [0.3, 0.4) is 0 Å². The van der Waals surface area contributed by atoms with Crippen molar-refractivity contribution in [2.45, 2.75) is 25.4 Å². The third-order valence-corrected chi connectivity index (χ3v) is 2.80. The lowest BCUT2D eigenvalue weighted by atomic mass is 9.89. The number of ether oxygens (including phenoxy) is 2. The lowest BCUT2D eigenvalue weighted by Crippen LogP contribution is -2.22. The minimum Gasteiger partial charge on any atom is -0.496 e. The molecule has 94 valence electrons. The maximum atomic E-state index is 10.5. The van der Waals surface area contributed by atoms with Crippen molar-refractivity contribution in [2.24, 2.45) is 0 Å². The second kappa shape index (κ2) is 5.73. The van der Waals surface area contributed by atoms with Crippen LogP contribution in [0.4, 0.5) is 0 Å². The number of hydrogen-bond acceptors (Lipinski definition) is 3. The van der Waals surface area contributed by atoms with E-state index in [4.69, 9.17) is 9.47 Å². The number of allylic oxidation sites excluding steroid dienone is 1. The monoisotopic (exact) mass is 236 g/mol. The molecule has 1 N–H and O–H groups in total. The Morgan fingerprint density at radius 1 is 1.29 bits per heavy atom. The minimum atomic E-state index is -0.994. The molecule has 1 rings (SSSR count). The molecule has 0 heterocycles. The van der Waals surface area contributed by atoms with Gasteiger partial charge in [0.1, 0.15) is 11.5 Å². The van der Waals surface area contributed by atoms with Crippen molar-refractivity contribution in [1.82, 2.24) is 0 Å². The van der Waals surface area contributed by atoms with Gasteiger partial charge in [0, 0.05) is 0 Å². The number of benzene rings is 1. The molecule has 0 aliphatic rings. The fraction of sp³-hybridized carbons (Fsp3) is 0.429. The van der Waals surface area contributed by atoms with Crippen molar-refractivity contribution < 1.29 is 14.6 Å². The van der Waals surface area contributed by atoms with E-state index in [0.29, 0.717) is 23.5 Å². The Hall–Kier alpha value is -1.48. The van der Waals surface area contributed by atoms with Crippen molar-refractivity contribution in [3.63, 3.8) is 0 Å². The van der Waals surface area contributed by atoms with Crippen LogP contribution in [0.5, 0.6) is 11.5 Å². The summed E-state index contributed by atoms with van der Waals surface area (Å²) in [5, 5.41) is 10.5. The molecule has 0 bridgehead atoms. The Balaban J connectivity index is 3.20. The normalized spacial score (nSPS) is 13.9. The Morgan fingerprint density at radius 3 is 2.24 bits per heavy atom. The van der Waals surface area contributed by atoms with Crippen LogP contribution in [0.1, 0.15) is 25.3 Å². The van der Waals surface area contributed by atoms with E-state index in [1.54, 1.807) is 27.2 Å². The van der Waals surface area contributed by atoms with Gasteiger partial charge in [-0.2, -0.15) is 0 Å². The van der Waals surface area contributed by atoms with Gasteiger partial charge in [-0.05, 0) is 31.9 Å². The molecule has 1 unspecified atom stereocenters. The zero-order valence-electron chi connectivity index (χ0n) is 10.7. The Labute approximate surface area is 103 Å². The molecule has 0 amide bonds. The first-order valence-electron chi connectivity index (χ1n) is 5.61. The van der Waals surface area contributed by atoms with Crippen molar-refractivity contribution in [3.8, 4) is 11.5 Å². The van der Waals surface area contributed by atoms with Crippen LogP contribution in [-0.2, 0) is 5.60 Å². The molecule has 1 atom stereocenters. The zero-order valence-corrected chi connectivity index (χ0v) is 10.7. The van der Waals surface area contributed by atoms with Gasteiger partial charge in [0.05, 0.1) is 25.4 Å². The van der Waals surface area contributed by atoms with Crippen LogP contribution in [0.25, 0.3) is 0 Å². The lowest BCUT2D eigenvalue weighted by molar-refractivity contribution is 0.0436. The largest absolute Gasteiger partial charge is 0.496 e. The molecule has 1 aromatic rings. The quantitative estimate of drug-likeness (QED) is 0.772. The molecule has 0 aromatic heterocycles. The fourth-order valence-electron chi connectivity index (χ4n) is 1.89. The Kier molecular flexibility index (Phi) is 4.58. The van der Waals surface area contributed by atoms with E-state index in [9.17, 15) is 5.11 Å². The molecule has 0 saturated heterocycles. The van der Waals surface area contributed by atoms with E-state index in [2.05, 4.69) is 6.58 Å². The summed E-state index contributed by atoms with van der Waals surface area (Å²) in [7, 11) is 3.17. The molecule has 0 aliphatic carbocycles. The third kappa shape index (κ3) is 3.01. The summed E-state index contributed by atoms with van der Waals surface area (Å²) in [5.41, 5.74) is -0.307. The molecule has 17 heavy (non-hydrogen) atoms. The fourth-order valence-corrected chi connectivity index (χ4v) is 1.89. The van der Waals surface area contributed by atoms with E-state index in [1.165, 1.54) is 0 Å². The predicted molar refractivity (Wildman–Crippen MR) is 68.5 cm³/mol. The number of aliphatic hydroxyl groups is 1. The maximum Gasteiger partial charge on any atom is 0.128 e. The van der Waals surface area contributed by atoms with E-state index in [1.807, 2.05) is 18.2 Å². The Bertz CT molecular complexity index is 361. The number of rotatable bonds is 6. The maximum absolute atomic E-state index is 10.5. The van der Waals surface area contributed by atoms with Gasteiger partial charge >= 0.3 is 0 Å². The van der Waals surface area contributed by atoms with Crippen LogP contribution >= 0.6 is 0 Å². The highest BCUT2D eigenvalue weighted by Gasteiger charge is 2.29. The summed E-state index contributed by atoms with van der Waals surface area (Å²) < 4.78 is 10.6. The Morgan fingerprint density at radius 2 is 1.82 bits per heavy atom. The van der Waals surface area contributed by atoms with Crippen molar-refractivity contribution in [1.29, 1.82) is 0 Å². The van der Waals surface area contributed by atoms with Crippen molar-refractivity contribution >= 4 is 0 Å². The summed E-state index contributed by atoms with van der Waals surface area (Å²) in [4.78, 5) is 0. The SMILES string of the molecule is C=CCCC(C)(O)c1c(OC)cccc1OC. The van der Waals surface area contributed by atoms with Gasteiger partial charge in [0.25, 0.3) is 0 Å². The molecule has 3 nitrogen and oxygen atoms in total. The van der Waals surface area contributed by atoms with Gasteiger partial charge in [-0.15, -0.1) is 6.58 Å². The molecular formula is C14H20O3. The van der Waals surface area contributed by atoms with E-state index in [-0.39, 0.29) is 0 Å². The van der Waals surface area contributed by atoms with E-state index >= 15 is 0 Å². The third-order valence-electron chi connectivity index (χ3n) is 2.80. The molecular weight excluding hydrogens is 216 g/mol. The predicted octanol–water partition coefficient (Wildman–Crippen LogP) is 2.88.